The summed E-state index contributed by atoms with van der Waals surface area (Å²) in [7, 11) is 0. The predicted octanol–water partition coefficient (Wildman–Crippen LogP) is 2.88. The van der Waals surface area contributed by atoms with Crippen LogP contribution < -0.4 is 0 Å². The molecule has 1 saturated heterocycles. The standard InChI is InChI=1S/C19H19FN4O/c1-13-2-3-14(9-17(13)20)8-15-4-6-23(11-15)19(25)16-5-7-24-18(10-16)21-12-22-24/h2-3,5,7,9-10,12,15H,4,6,8,11H2,1H3. The Balaban J connectivity index is 1.44. The van der Waals surface area contributed by atoms with Gasteiger partial charge in [0.25, 0.3) is 5.91 Å². The normalized spacial score (nSPS) is 17.4. The first-order chi connectivity index (χ1) is 12.1. The van der Waals surface area contributed by atoms with Crippen LogP contribution in [0, 0.1) is 18.7 Å². The third-order valence-electron chi connectivity index (χ3n) is 4.86. The molecule has 0 saturated carbocycles. The van der Waals surface area contributed by atoms with E-state index in [0.29, 0.717) is 29.2 Å². The van der Waals surface area contributed by atoms with Crippen LogP contribution in [0.15, 0.2) is 42.9 Å². The van der Waals surface area contributed by atoms with Gasteiger partial charge in [0.05, 0.1) is 0 Å². The van der Waals surface area contributed by atoms with Crippen molar-refractivity contribution in [3.05, 3.63) is 65.4 Å². The number of nitrogens with zero attached hydrogens (tertiary/aromatic N) is 4. The molecule has 2 aromatic heterocycles. The summed E-state index contributed by atoms with van der Waals surface area (Å²) in [4.78, 5) is 18.7. The Morgan fingerprint density at radius 3 is 3.04 bits per heavy atom. The number of aromatic nitrogens is 3. The number of hydrogen-bond donors (Lipinski definition) is 0. The molecule has 0 radical (unpaired) electrons. The Labute approximate surface area is 145 Å². The average molecular weight is 338 g/mol. The Hall–Kier alpha value is -2.76. The Kier molecular flexibility index (Phi) is 3.95. The van der Waals surface area contributed by atoms with Crippen LogP contribution in [0.4, 0.5) is 4.39 Å². The second-order valence-corrected chi connectivity index (χ2v) is 6.67. The van der Waals surface area contributed by atoms with Crippen molar-refractivity contribution in [2.24, 2.45) is 5.92 Å². The van der Waals surface area contributed by atoms with Crippen molar-refractivity contribution >= 4 is 11.6 Å². The molecule has 1 atom stereocenters. The van der Waals surface area contributed by atoms with Gasteiger partial charge in [0.1, 0.15) is 12.1 Å². The number of pyridine rings is 1. The van der Waals surface area contributed by atoms with E-state index in [1.807, 2.05) is 17.0 Å². The van der Waals surface area contributed by atoms with Gasteiger partial charge in [-0.2, -0.15) is 5.10 Å². The Morgan fingerprint density at radius 2 is 2.20 bits per heavy atom. The molecule has 25 heavy (non-hydrogen) atoms. The summed E-state index contributed by atoms with van der Waals surface area (Å²) in [5.41, 5.74) is 2.95. The average Bonchev–Trinajstić information content (AvgIpc) is 3.26. The molecule has 128 valence electrons. The molecule has 5 nitrogen and oxygen atoms in total. The zero-order valence-corrected chi connectivity index (χ0v) is 14.0. The third kappa shape index (κ3) is 3.12. The summed E-state index contributed by atoms with van der Waals surface area (Å²) in [6.07, 6.45) is 4.95. The van der Waals surface area contributed by atoms with E-state index in [-0.39, 0.29) is 11.7 Å². The molecule has 1 aliphatic heterocycles. The number of benzene rings is 1. The lowest BCUT2D eigenvalue weighted by Crippen LogP contribution is -2.29. The van der Waals surface area contributed by atoms with Crippen molar-refractivity contribution in [1.82, 2.24) is 19.5 Å². The number of carbonyl (C=O) groups is 1. The highest BCUT2D eigenvalue weighted by molar-refractivity contribution is 5.95. The Morgan fingerprint density at radius 1 is 1.32 bits per heavy atom. The van der Waals surface area contributed by atoms with Gasteiger partial charge in [0, 0.05) is 24.8 Å². The minimum Gasteiger partial charge on any atom is -0.338 e. The van der Waals surface area contributed by atoms with Crippen molar-refractivity contribution in [2.75, 3.05) is 13.1 Å². The minimum atomic E-state index is -0.162. The van der Waals surface area contributed by atoms with Gasteiger partial charge in [0.2, 0.25) is 0 Å². The van der Waals surface area contributed by atoms with Crippen LogP contribution >= 0.6 is 0 Å². The highest BCUT2D eigenvalue weighted by atomic mass is 19.1. The maximum absolute atomic E-state index is 13.7. The van der Waals surface area contributed by atoms with Crippen molar-refractivity contribution in [3.8, 4) is 0 Å². The van der Waals surface area contributed by atoms with Crippen LogP contribution in [-0.4, -0.2) is 38.5 Å². The first-order valence-corrected chi connectivity index (χ1v) is 8.44. The molecule has 6 heteroatoms. The van der Waals surface area contributed by atoms with E-state index >= 15 is 0 Å². The van der Waals surface area contributed by atoms with Crippen molar-refractivity contribution in [1.29, 1.82) is 0 Å². The van der Waals surface area contributed by atoms with Gasteiger partial charge < -0.3 is 4.90 Å². The lowest BCUT2D eigenvalue weighted by atomic mass is 9.98. The molecular weight excluding hydrogens is 319 g/mol. The fourth-order valence-corrected chi connectivity index (χ4v) is 3.41. The number of halogens is 1. The monoisotopic (exact) mass is 338 g/mol. The van der Waals surface area contributed by atoms with E-state index in [1.165, 1.54) is 6.33 Å². The lowest BCUT2D eigenvalue weighted by Gasteiger charge is -2.17. The van der Waals surface area contributed by atoms with Gasteiger partial charge >= 0.3 is 0 Å². The van der Waals surface area contributed by atoms with Crippen molar-refractivity contribution < 1.29 is 9.18 Å². The molecule has 1 amide bonds. The molecular formula is C19H19FN4O. The fraction of sp³-hybridized carbons (Fsp3) is 0.316. The summed E-state index contributed by atoms with van der Waals surface area (Å²) < 4.78 is 15.3. The highest BCUT2D eigenvalue weighted by Crippen LogP contribution is 2.23. The van der Waals surface area contributed by atoms with Crippen molar-refractivity contribution in [3.63, 3.8) is 0 Å². The quantitative estimate of drug-likeness (QED) is 0.738. The van der Waals surface area contributed by atoms with Crippen LogP contribution in [0.25, 0.3) is 5.65 Å². The molecule has 4 rings (SSSR count). The van der Waals surface area contributed by atoms with E-state index in [0.717, 1.165) is 24.9 Å². The first kappa shape index (κ1) is 15.7. The summed E-state index contributed by atoms with van der Waals surface area (Å²) in [5.74, 6) is 0.219. The molecule has 0 bridgehead atoms. The minimum absolute atomic E-state index is 0.0167. The molecule has 1 aromatic carbocycles. The van der Waals surface area contributed by atoms with E-state index in [9.17, 15) is 9.18 Å². The summed E-state index contributed by atoms with van der Waals surface area (Å²) in [6, 6.07) is 8.93. The molecule has 0 spiro atoms. The predicted molar refractivity (Wildman–Crippen MR) is 91.8 cm³/mol. The van der Waals surface area contributed by atoms with Crippen LogP contribution in [0.5, 0.6) is 0 Å². The van der Waals surface area contributed by atoms with Gasteiger partial charge in [0.15, 0.2) is 5.65 Å². The topological polar surface area (TPSA) is 50.5 Å². The zero-order valence-electron chi connectivity index (χ0n) is 14.0. The van der Waals surface area contributed by atoms with Crippen LogP contribution in [-0.2, 0) is 6.42 Å². The molecule has 3 aromatic rings. The zero-order chi connectivity index (χ0) is 17.4. The van der Waals surface area contributed by atoms with Crippen LogP contribution in [0.1, 0.15) is 27.9 Å². The lowest BCUT2D eigenvalue weighted by molar-refractivity contribution is 0.0787. The number of amides is 1. The van der Waals surface area contributed by atoms with Gasteiger partial charge in [-0.3, -0.25) is 4.79 Å². The van der Waals surface area contributed by atoms with Gasteiger partial charge in [-0.05, 0) is 55.0 Å². The van der Waals surface area contributed by atoms with E-state index in [1.54, 1.807) is 35.8 Å². The Bertz CT molecular complexity index is 936. The third-order valence-corrected chi connectivity index (χ3v) is 4.86. The van der Waals surface area contributed by atoms with Gasteiger partial charge in [-0.15, -0.1) is 0 Å². The smallest absolute Gasteiger partial charge is 0.254 e. The summed E-state index contributed by atoms with van der Waals surface area (Å²) >= 11 is 0. The number of fused-ring (bicyclic) bond motifs is 1. The number of carbonyl (C=O) groups excluding carboxylic acids is 1. The second kappa shape index (κ2) is 6.27. The maximum atomic E-state index is 13.7. The van der Waals surface area contributed by atoms with Gasteiger partial charge in [-0.1, -0.05) is 12.1 Å². The summed E-state index contributed by atoms with van der Waals surface area (Å²) in [6.45, 7) is 3.20. The first-order valence-electron chi connectivity index (χ1n) is 8.44. The molecule has 0 N–H and O–H groups in total. The molecule has 0 aliphatic carbocycles. The van der Waals surface area contributed by atoms with E-state index in [2.05, 4.69) is 10.1 Å². The number of aryl methyl sites for hydroxylation is 1. The second-order valence-electron chi connectivity index (χ2n) is 6.67. The van der Waals surface area contributed by atoms with Crippen LogP contribution in [0.2, 0.25) is 0 Å². The van der Waals surface area contributed by atoms with Gasteiger partial charge in [-0.25, -0.2) is 13.9 Å². The maximum Gasteiger partial charge on any atom is 0.254 e. The van der Waals surface area contributed by atoms with E-state index in [4.69, 9.17) is 0 Å². The molecule has 1 aliphatic rings. The summed E-state index contributed by atoms with van der Waals surface area (Å²) in [5, 5.41) is 4.04. The fourth-order valence-electron chi connectivity index (χ4n) is 3.41. The number of hydrogen-bond acceptors (Lipinski definition) is 3. The number of likely N-dealkylation sites (tertiary alicyclic amines) is 1. The van der Waals surface area contributed by atoms with E-state index < -0.39 is 0 Å². The molecule has 1 fully saturated rings. The van der Waals surface area contributed by atoms with Crippen LogP contribution in [0.3, 0.4) is 0 Å². The SMILES string of the molecule is Cc1ccc(CC2CCN(C(=O)c3ccn4ncnc4c3)C2)cc1F. The van der Waals surface area contributed by atoms with Crippen molar-refractivity contribution in [2.45, 2.75) is 19.8 Å². The molecule has 3 heterocycles. The largest absolute Gasteiger partial charge is 0.338 e. The molecule has 1 unspecified atom stereocenters. The number of rotatable bonds is 3. The highest BCUT2D eigenvalue weighted by Gasteiger charge is 2.27.